The molecule has 0 aromatic heterocycles. The summed E-state index contributed by atoms with van der Waals surface area (Å²) >= 11 is 8.03. The van der Waals surface area contributed by atoms with Crippen LogP contribution in [0, 0.1) is 10.1 Å². The Kier molecular flexibility index (Phi) is 4.42. The molecule has 0 aliphatic carbocycles. The van der Waals surface area contributed by atoms with Crippen LogP contribution in [0.25, 0.3) is 0 Å². The Bertz CT molecular complexity index is 587. The summed E-state index contributed by atoms with van der Waals surface area (Å²) in [5, 5.41) is 10.8. The second-order valence-corrected chi connectivity index (χ2v) is 6.34. The van der Waals surface area contributed by atoms with E-state index in [9.17, 15) is 10.1 Å². The standard InChI is InChI=1S/C12H7Br2NO2S/c13-8-1-3-9(4-2-8)18-10-5-6-11(14)12(7-10)15(16)17/h1-7H. The van der Waals surface area contributed by atoms with Gasteiger partial charge in [0.1, 0.15) is 0 Å². The highest BCUT2D eigenvalue weighted by Gasteiger charge is 2.12. The summed E-state index contributed by atoms with van der Waals surface area (Å²) in [4.78, 5) is 12.3. The molecule has 0 heterocycles. The maximum atomic E-state index is 10.8. The van der Waals surface area contributed by atoms with Gasteiger partial charge in [0.2, 0.25) is 0 Å². The van der Waals surface area contributed by atoms with Crippen molar-refractivity contribution in [3.05, 3.63) is 61.5 Å². The van der Waals surface area contributed by atoms with E-state index >= 15 is 0 Å². The van der Waals surface area contributed by atoms with Crippen LogP contribution in [0.2, 0.25) is 0 Å². The van der Waals surface area contributed by atoms with Gasteiger partial charge < -0.3 is 0 Å². The molecule has 0 bridgehead atoms. The minimum absolute atomic E-state index is 0.0807. The highest BCUT2D eigenvalue weighted by Crippen LogP contribution is 2.34. The number of halogens is 2. The Morgan fingerprint density at radius 3 is 2.22 bits per heavy atom. The molecule has 0 fully saturated rings. The van der Waals surface area contributed by atoms with Crippen molar-refractivity contribution in [3.8, 4) is 0 Å². The molecule has 6 heteroatoms. The van der Waals surface area contributed by atoms with Crippen molar-refractivity contribution in [3.63, 3.8) is 0 Å². The van der Waals surface area contributed by atoms with Gasteiger partial charge in [0.05, 0.1) is 9.40 Å². The largest absolute Gasteiger partial charge is 0.284 e. The van der Waals surface area contributed by atoms with Gasteiger partial charge in [0.25, 0.3) is 5.69 Å². The van der Waals surface area contributed by atoms with E-state index < -0.39 is 4.92 Å². The molecule has 2 aromatic rings. The Hall–Kier alpha value is -0.850. The van der Waals surface area contributed by atoms with Crippen molar-refractivity contribution in [2.45, 2.75) is 9.79 Å². The average Bonchev–Trinajstić information content (AvgIpc) is 2.34. The third kappa shape index (κ3) is 3.34. The fourth-order valence-electron chi connectivity index (χ4n) is 1.33. The molecule has 0 spiro atoms. The summed E-state index contributed by atoms with van der Waals surface area (Å²) in [7, 11) is 0. The third-order valence-corrected chi connectivity index (χ3v) is 4.36. The monoisotopic (exact) mass is 387 g/mol. The van der Waals surface area contributed by atoms with Gasteiger partial charge in [0, 0.05) is 20.3 Å². The van der Waals surface area contributed by atoms with Gasteiger partial charge in [-0.3, -0.25) is 10.1 Å². The van der Waals surface area contributed by atoms with Crippen LogP contribution in [-0.4, -0.2) is 4.92 Å². The van der Waals surface area contributed by atoms with E-state index in [1.165, 1.54) is 11.8 Å². The lowest BCUT2D eigenvalue weighted by Crippen LogP contribution is -1.89. The molecule has 0 unspecified atom stereocenters. The molecular weight excluding hydrogens is 382 g/mol. The lowest BCUT2D eigenvalue weighted by molar-refractivity contribution is -0.385. The van der Waals surface area contributed by atoms with Gasteiger partial charge in [-0.05, 0) is 52.3 Å². The summed E-state index contributed by atoms with van der Waals surface area (Å²) in [5.41, 5.74) is 0.0807. The van der Waals surface area contributed by atoms with Crippen LogP contribution >= 0.6 is 43.6 Å². The zero-order valence-electron chi connectivity index (χ0n) is 8.97. The molecule has 0 aliphatic rings. The van der Waals surface area contributed by atoms with Gasteiger partial charge >= 0.3 is 0 Å². The molecule has 0 N–H and O–H groups in total. The van der Waals surface area contributed by atoms with E-state index in [0.29, 0.717) is 4.47 Å². The number of nitro groups is 1. The molecule has 92 valence electrons. The number of benzene rings is 2. The smallest absolute Gasteiger partial charge is 0.258 e. The zero-order valence-corrected chi connectivity index (χ0v) is 13.0. The Balaban J connectivity index is 2.27. The van der Waals surface area contributed by atoms with Crippen LogP contribution in [0.3, 0.4) is 0 Å². The van der Waals surface area contributed by atoms with Crippen LogP contribution in [-0.2, 0) is 0 Å². The van der Waals surface area contributed by atoms with Crippen LogP contribution in [0.4, 0.5) is 5.69 Å². The normalized spacial score (nSPS) is 10.3. The molecule has 0 aliphatic heterocycles. The van der Waals surface area contributed by atoms with Gasteiger partial charge in [-0.1, -0.05) is 27.7 Å². The first-order valence-corrected chi connectivity index (χ1v) is 7.34. The maximum Gasteiger partial charge on any atom is 0.284 e. The van der Waals surface area contributed by atoms with Gasteiger partial charge in [-0.2, -0.15) is 0 Å². The number of hydrogen-bond donors (Lipinski definition) is 0. The van der Waals surface area contributed by atoms with E-state index in [-0.39, 0.29) is 5.69 Å². The minimum Gasteiger partial charge on any atom is -0.258 e. The fourth-order valence-corrected chi connectivity index (χ4v) is 2.84. The molecule has 0 radical (unpaired) electrons. The summed E-state index contributed by atoms with van der Waals surface area (Å²) < 4.78 is 1.50. The number of nitrogens with zero attached hydrogens (tertiary/aromatic N) is 1. The number of hydrogen-bond acceptors (Lipinski definition) is 3. The van der Waals surface area contributed by atoms with Crippen molar-refractivity contribution < 1.29 is 4.92 Å². The van der Waals surface area contributed by atoms with E-state index in [2.05, 4.69) is 31.9 Å². The number of nitro benzene ring substituents is 1. The summed E-state index contributed by atoms with van der Waals surface area (Å²) in [6.07, 6.45) is 0. The highest BCUT2D eigenvalue weighted by atomic mass is 79.9. The van der Waals surface area contributed by atoms with Crippen molar-refractivity contribution in [1.82, 2.24) is 0 Å². The van der Waals surface area contributed by atoms with E-state index in [1.54, 1.807) is 12.1 Å². The van der Waals surface area contributed by atoms with Crippen LogP contribution in [0.5, 0.6) is 0 Å². The summed E-state index contributed by atoms with van der Waals surface area (Å²) in [6.45, 7) is 0. The van der Waals surface area contributed by atoms with Crippen molar-refractivity contribution in [2.75, 3.05) is 0 Å². The van der Waals surface area contributed by atoms with Crippen molar-refractivity contribution in [1.29, 1.82) is 0 Å². The SMILES string of the molecule is O=[N+]([O-])c1cc(Sc2ccc(Br)cc2)ccc1Br. The quantitative estimate of drug-likeness (QED) is 0.531. The summed E-state index contributed by atoms with van der Waals surface area (Å²) in [6, 6.07) is 12.9. The van der Waals surface area contributed by atoms with Crippen LogP contribution in [0.15, 0.2) is 61.2 Å². The topological polar surface area (TPSA) is 43.1 Å². The van der Waals surface area contributed by atoms with Crippen molar-refractivity contribution >= 4 is 49.3 Å². The maximum absolute atomic E-state index is 10.8. The van der Waals surface area contributed by atoms with E-state index in [4.69, 9.17) is 0 Å². The van der Waals surface area contributed by atoms with Gasteiger partial charge in [-0.15, -0.1) is 0 Å². The Morgan fingerprint density at radius 2 is 1.61 bits per heavy atom. The highest BCUT2D eigenvalue weighted by molar-refractivity contribution is 9.10. The van der Waals surface area contributed by atoms with Gasteiger partial charge in [-0.25, -0.2) is 0 Å². The minimum atomic E-state index is -0.393. The predicted octanol–water partition coefficient (Wildman–Crippen LogP) is 5.27. The molecular formula is C12H7Br2NO2S. The lowest BCUT2D eigenvalue weighted by atomic mass is 10.3. The third-order valence-electron chi connectivity index (χ3n) is 2.16. The van der Waals surface area contributed by atoms with Crippen molar-refractivity contribution in [2.24, 2.45) is 0 Å². The fraction of sp³-hybridized carbons (Fsp3) is 0. The predicted molar refractivity (Wildman–Crippen MR) is 79.1 cm³/mol. The average molecular weight is 389 g/mol. The van der Waals surface area contributed by atoms with E-state index in [1.807, 2.05) is 30.3 Å². The van der Waals surface area contributed by atoms with Crippen LogP contribution in [0.1, 0.15) is 0 Å². The van der Waals surface area contributed by atoms with E-state index in [0.717, 1.165) is 14.3 Å². The number of rotatable bonds is 3. The molecule has 2 aromatic carbocycles. The molecule has 2 rings (SSSR count). The lowest BCUT2D eigenvalue weighted by Gasteiger charge is -2.03. The molecule has 18 heavy (non-hydrogen) atoms. The molecule has 0 saturated carbocycles. The molecule has 3 nitrogen and oxygen atoms in total. The Labute approximate surface area is 125 Å². The molecule has 0 amide bonds. The van der Waals surface area contributed by atoms with Gasteiger partial charge in [0.15, 0.2) is 0 Å². The second kappa shape index (κ2) is 5.86. The zero-order chi connectivity index (χ0) is 13.1. The second-order valence-electron chi connectivity index (χ2n) is 3.43. The summed E-state index contributed by atoms with van der Waals surface area (Å²) in [5.74, 6) is 0. The molecule has 0 atom stereocenters. The Morgan fingerprint density at radius 1 is 1.00 bits per heavy atom. The first-order valence-electron chi connectivity index (χ1n) is 4.93. The first kappa shape index (κ1) is 13.6. The first-order chi connectivity index (χ1) is 8.56. The van der Waals surface area contributed by atoms with Crippen LogP contribution < -0.4 is 0 Å². The molecule has 0 saturated heterocycles.